The minimum absolute atomic E-state index is 0.100. The van der Waals surface area contributed by atoms with E-state index >= 15 is 0 Å². The number of carbonyl (C=O) groups excluding carboxylic acids is 1. The molecule has 1 N–H and O–H groups in total. The van der Waals surface area contributed by atoms with Gasteiger partial charge in [0.1, 0.15) is 6.33 Å². The fourth-order valence-electron chi connectivity index (χ4n) is 8.25. The van der Waals surface area contributed by atoms with E-state index in [9.17, 15) is 4.79 Å². The maximum atomic E-state index is 13.6. The van der Waals surface area contributed by atoms with Crippen molar-refractivity contribution in [2.24, 2.45) is 5.41 Å². The van der Waals surface area contributed by atoms with Gasteiger partial charge in [-0.3, -0.25) is 4.79 Å². The fourth-order valence-corrected chi connectivity index (χ4v) is 8.25. The molecule has 39 heavy (non-hydrogen) atoms. The second kappa shape index (κ2) is 8.75. The monoisotopic (exact) mass is 517 g/mol. The number of hydrogen-bond donors (Lipinski definition) is 1. The molecule has 2 aromatic carbocycles. The molecule has 6 nitrogen and oxygen atoms in total. The molecule has 1 aromatic heterocycles. The Kier molecular flexibility index (Phi) is 5.25. The van der Waals surface area contributed by atoms with Crippen molar-refractivity contribution in [2.45, 2.75) is 42.9 Å². The van der Waals surface area contributed by atoms with Gasteiger partial charge >= 0.3 is 0 Å². The van der Waals surface area contributed by atoms with E-state index in [0.29, 0.717) is 18.2 Å². The first-order valence-electron chi connectivity index (χ1n) is 14.6. The van der Waals surface area contributed by atoms with Crippen molar-refractivity contribution in [3.05, 3.63) is 89.9 Å². The number of carbonyl (C=O) groups is 1. The number of allylic oxidation sites excluding steroid dienone is 4. The highest BCUT2D eigenvalue weighted by Gasteiger charge is 2.74. The van der Waals surface area contributed by atoms with E-state index in [1.54, 1.807) is 6.33 Å². The molecule has 0 spiro atoms. The third-order valence-corrected chi connectivity index (χ3v) is 10.4. The maximum absolute atomic E-state index is 13.6. The summed E-state index contributed by atoms with van der Waals surface area (Å²) in [5, 5.41) is 4.63. The molecule has 0 radical (unpaired) electrons. The number of piperazine rings is 1. The molecule has 3 aromatic rings. The van der Waals surface area contributed by atoms with Crippen LogP contribution in [-0.2, 0) is 10.2 Å². The quantitative estimate of drug-likeness (QED) is 0.544. The highest BCUT2D eigenvalue weighted by molar-refractivity contribution is 5.85. The predicted molar refractivity (Wildman–Crippen MR) is 154 cm³/mol. The molecule has 3 fully saturated rings. The second-order valence-corrected chi connectivity index (χ2v) is 12.1. The first-order valence-corrected chi connectivity index (χ1v) is 14.6. The van der Waals surface area contributed by atoms with E-state index in [4.69, 9.17) is 0 Å². The Bertz CT molecular complexity index is 1520. The van der Waals surface area contributed by atoms with E-state index in [0.717, 1.165) is 64.0 Å². The van der Waals surface area contributed by atoms with Gasteiger partial charge in [0, 0.05) is 66.3 Å². The lowest BCUT2D eigenvalue weighted by atomic mass is 9.81. The van der Waals surface area contributed by atoms with Crippen LogP contribution in [0.2, 0.25) is 0 Å². The normalized spacial score (nSPS) is 29.3. The number of nitrogens with one attached hydrogen (secondary N) is 1. The van der Waals surface area contributed by atoms with E-state index in [1.807, 2.05) is 0 Å². The van der Waals surface area contributed by atoms with Gasteiger partial charge in [0.25, 0.3) is 0 Å². The number of piperidine rings is 1. The summed E-state index contributed by atoms with van der Waals surface area (Å²) >= 11 is 0. The molecule has 3 atom stereocenters. The molecule has 1 amide bonds. The standard InChI is InChI=1S/C33H35N5O/c39-30(20-28-25-5-1-2-6-27(25)32-11-3-4-12-33(28,32)21-32)38-17-15-37(16-18-38)24-7-8-26-29(19-24)35-22-36-31(26)23-9-13-34-14-10-23/h1-8,11-12,19,22-23,28,34H,9-10,13-18,20-21H2. The lowest BCUT2D eigenvalue weighted by Crippen LogP contribution is -2.49. The Morgan fingerprint density at radius 2 is 1.79 bits per heavy atom. The summed E-state index contributed by atoms with van der Waals surface area (Å²) in [6.45, 7) is 5.34. The van der Waals surface area contributed by atoms with Crippen molar-refractivity contribution in [3.63, 3.8) is 0 Å². The summed E-state index contributed by atoms with van der Waals surface area (Å²) in [7, 11) is 0. The van der Waals surface area contributed by atoms with Gasteiger partial charge in [-0.25, -0.2) is 9.97 Å². The average Bonchev–Trinajstić information content (AvgIpc) is 3.65. The lowest BCUT2D eigenvalue weighted by molar-refractivity contribution is -0.132. The molecular weight excluding hydrogens is 482 g/mol. The molecule has 3 unspecified atom stereocenters. The van der Waals surface area contributed by atoms with Crippen molar-refractivity contribution < 1.29 is 4.79 Å². The van der Waals surface area contributed by atoms with Crippen LogP contribution < -0.4 is 10.2 Å². The molecular formula is C33H35N5O. The second-order valence-electron chi connectivity index (χ2n) is 12.1. The molecule has 5 aliphatic rings. The smallest absolute Gasteiger partial charge is 0.223 e. The van der Waals surface area contributed by atoms with Crippen molar-refractivity contribution in [2.75, 3.05) is 44.2 Å². The Morgan fingerprint density at radius 3 is 2.67 bits per heavy atom. The topological polar surface area (TPSA) is 61.4 Å². The van der Waals surface area contributed by atoms with Gasteiger partial charge in [0.2, 0.25) is 5.91 Å². The zero-order valence-corrected chi connectivity index (χ0v) is 22.4. The number of fused-ring (bicyclic) bond motifs is 2. The van der Waals surface area contributed by atoms with Crippen molar-refractivity contribution in [1.82, 2.24) is 20.2 Å². The van der Waals surface area contributed by atoms with Gasteiger partial charge in [-0.05, 0) is 61.7 Å². The van der Waals surface area contributed by atoms with Crippen molar-refractivity contribution >= 4 is 22.5 Å². The number of aromatic nitrogens is 2. The van der Waals surface area contributed by atoms with E-state index in [1.165, 1.54) is 27.9 Å². The zero-order valence-electron chi connectivity index (χ0n) is 22.4. The van der Waals surface area contributed by atoms with Gasteiger partial charge in [-0.15, -0.1) is 0 Å². The molecule has 3 heterocycles. The Balaban J connectivity index is 0.963. The zero-order chi connectivity index (χ0) is 26.0. The SMILES string of the molecule is O=C(CC1c2ccccc2C23C=CC=CC12C3)N1CCN(c2ccc3c(C4CCNCC4)ncnc3c2)CC1. The van der Waals surface area contributed by atoms with Crippen LogP contribution in [-0.4, -0.2) is 60.0 Å². The highest BCUT2D eigenvalue weighted by atomic mass is 16.2. The van der Waals surface area contributed by atoms with Crippen LogP contribution in [0.25, 0.3) is 10.9 Å². The third kappa shape index (κ3) is 3.47. The van der Waals surface area contributed by atoms with Crippen LogP contribution in [0, 0.1) is 5.41 Å². The van der Waals surface area contributed by atoms with Gasteiger partial charge in [-0.2, -0.15) is 0 Å². The van der Waals surface area contributed by atoms with Crippen LogP contribution in [0.4, 0.5) is 5.69 Å². The molecule has 2 aliphatic heterocycles. The number of anilines is 1. The van der Waals surface area contributed by atoms with Gasteiger partial charge in [0.05, 0.1) is 11.2 Å². The summed E-state index contributed by atoms with van der Waals surface area (Å²) in [4.78, 5) is 27.5. The van der Waals surface area contributed by atoms with Crippen LogP contribution in [0.1, 0.15) is 54.3 Å². The Hall–Kier alpha value is -3.51. The minimum Gasteiger partial charge on any atom is -0.368 e. The van der Waals surface area contributed by atoms with Gasteiger partial charge in [-0.1, -0.05) is 48.6 Å². The number of nitrogens with zero attached hydrogens (tertiary/aromatic N) is 4. The van der Waals surface area contributed by atoms with Crippen LogP contribution in [0.5, 0.6) is 0 Å². The molecule has 2 saturated heterocycles. The predicted octanol–water partition coefficient (Wildman–Crippen LogP) is 4.69. The van der Waals surface area contributed by atoms with E-state index < -0.39 is 0 Å². The minimum atomic E-state index is 0.100. The first-order chi connectivity index (χ1) is 19.2. The van der Waals surface area contributed by atoms with Gasteiger partial charge in [0.15, 0.2) is 0 Å². The summed E-state index contributed by atoms with van der Waals surface area (Å²) in [5.41, 5.74) is 6.45. The van der Waals surface area contributed by atoms with E-state index in [2.05, 4.69) is 91.9 Å². The van der Waals surface area contributed by atoms with Crippen LogP contribution in [0.3, 0.4) is 0 Å². The largest absolute Gasteiger partial charge is 0.368 e. The number of hydrogen-bond acceptors (Lipinski definition) is 5. The summed E-state index contributed by atoms with van der Waals surface area (Å²) in [6, 6.07) is 15.5. The van der Waals surface area contributed by atoms with Gasteiger partial charge < -0.3 is 15.1 Å². The summed E-state index contributed by atoms with van der Waals surface area (Å²) in [6.07, 6.45) is 14.9. The van der Waals surface area contributed by atoms with Crippen molar-refractivity contribution in [3.8, 4) is 0 Å². The molecule has 8 rings (SSSR count). The summed E-state index contributed by atoms with van der Waals surface area (Å²) < 4.78 is 0. The lowest BCUT2D eigenvalue weighted by Gasteiger charge is -2.37. The Morgan fingerprint density at radius 1 is 0.974 bits per heavy atom. The Labute approximate surface area is 229 Å². The average molecular weight is 518 g/mol. The molecule has 3 aliphatic carbocycles. The van der Waals surface area contributed by atoms with Crippen LogP contribution in [0.15, 0.2) is 73.1 Å². The van der Waals surface area contributed by atoms with E-state index in [-0.39, 0.29) is 16.7 Å². The molecule has 6 heteroatoms. The fraction of sp³-hybridized carbons (Fsp3) is 0.424. The number of amides is 1. The number of benzene rings is 2. The first kappa shape index (κ1) is 23.4. The molecule has 0 bridgehead atoms. The molecule has 1 saturated carbocycles. The van der Waals surface area contributed by atoms with Crippen LogP contribution >= 0.6 is 0 Å². The highest BCUT2D eigenvalue weighted by Crippen LogP contribution is 2.79. The maximum Gasteiger partial charge on any atom is 0.223 e. The van der Waals surface area contributed by atoms with Crippen molar-refractivity contribution in [1.29, 1.82) is 0 Å². The number of rotatable bonds is 4. The molecule has 198 valence electrons. The third-order valence-electron chi connectivity index (χ3n) is 10.4. The summed E-state index contributed by atoms with van der Waals surface area (Å²) in [5.74, 6) is 1.08.